The van der Waals surface area contributed by atoms with Crippen molar-refractivity contribution in [3.8, 4) is 11.8 Å². The highest BCUT2D eigenvalue weighted by atomic mass is 14.8. The van der Waals surface area contributed by atoms with E-state index in [9.17, 15) is 0 Å². The minimum atomic E-state index is 0.725. The summed E-state index contributed by atoms with van der Waals surface area (Å²) in [5.74, 6) is 5.96. The number of aromatic nitrogens is 1. The largest absolute Gasteiger partial charge is 0.309 e. The van der Waals surface area contributed by atoms with E-state index in [-0.39, 0.29) is 0 Å². The van der Waals surface area contributed by atoms with E-state index in [1.54, 1.807) is 12.4 Å². The van der Waals surface area contributed by atoms with E-state index in [0.29, 0.717) is 0 Å². The Morgan fingerprint density at radius 1 is 1.45 bits per heavy atom. The maximum absolute atomic E-state index is 3.89. The molecule has 56 valence electrons. The molecule has 0 aliphatic heterocycles. The van der Waals surface area contributed by atoms with Gasteiger partial charge < -0.3 is 5.32 Å². The molecule has 1 heterocycles. The standard InChI is InChI=1S/C9H10N2/c1-10-6-2-3-9-4-7-11-8-5-9/h4-5,7-8,10H,6H2,1H3. The van der Waals surface area contributed by atoms with Gasteiger partial charge in [0.25, 0.3) is 0 Å². The van der Waals surface area contributed by atoms with E-state index in [4.69, 9.17) is 0 Å². The lowest BCUT2D eigenvalue weighted by Gasteiger charge is -1.86. The molecule has 0 aromatic carbocycles. The first-order chi connectivity index (χ1) is 5.43. The summed E-state index contributed by atoms with van der Waals surface area (Å²) in [6.07, 6.45) is 3.48. The number of hydrogen-bond acceptors (Lipinski definition) is 2. The lowest BCUT2D eigenvalue weighted by Crippen LogP contribution is -2.04. The SMILES string of the molecule is CNCC#Cc1ccncc1. The van der Waals surface area contributed by atoms with Crippen LogP contribution in [0, 0.1) is 11.8 Å². The number of rotatable bonds is 1. The molecule has 0 bridgehead atoms. The van der Waals surface area contributed by atoms with Gasteiger partial charge in [-0.1, -0.05) is 11.8 Å². The van der Waals surface area contributed by atoms with Crippen molar-refractivity contribution >= 4 is 0 Å². The van der Waals surface area contributed by atoms with Gasteiger partial charge in [0, 0.05) is 18.0 Å². The highest BCUT2D eigenvalue weighted by Crippen LogP contribution is 1.90. The van der Waals surface area contributed by atoms with Crippen LogP contribution in [0.25, 0.3) is 0 Å². The molecular formula is C9H10N2. The minimum absolute atomic E-state index is 0.725. The molecule has 0 atom stereocenters. The van der Waals surface area contributed by atoms with Crippen LogP contribution in [0.5, 0.6) is 0 Å². The molecule has 11 heavy (non-hydrogen) atoms. The molecule has 0 saturated heterocycles. The maximum atomic E-state index is 3.89. The zero-order valence-electron chi connectivity index (χ0n) is 6.46. The Balaban J connectivity index is 2.59. The average molecular weight is 146 g/mol. The topological polar surface area (TPSA) is 24.9 Å². The predicted octanol–water partition coefficient (Wildman–Crippen LogP) is 0.653. The van der Waals surface area contributed by atoms with Crippen LogP contribution in [0.15, 0.2) is 24.5 Å². The molecule has 0 spiro atoms. The Hall–Kier alpha value is -1.33. The van der Waals surface area contributed by atoms with Crippen LogP contribution in [-0.4, -0.2) is 18.6 Å². The van der Waals surface area contributed by atoms with E-state index < -0.39 is 0 Å². The third-order valence-electron chi connectivity index (χ3n) is 1.18. The van der Waals surface area contributed by atoms with Crippen molar-refractivity contribution in [3.05, 3.63) is 30.1 Å². The minimum Gasteiger partial charge on any atom is -0.309 e. The second kappa shape index (κ2) is 4.48. The van der Waals surface area contributed by atoms with Gasteiger partial charge in [0.1, 0.15) is 0 Å². The normalized spacial score (nSPS) is 8.45. The Morgan fingerprint density at radius 2 is 2.18 bits per heavy atom. The molecule has 0 saturated carbocycles. The molecule has 0 amide bonds. The molecule has 0 aliphatic rings. The third kappa shape index (κ3) is 2.83. The summed E-state index contributed by atoms with van der Waals surface area (Å²) < 4.78 is 0. The average Bonchev–Trinajstić information content (AvgIpc) is 2.07. The van der Waals surface area contributed by atoms with Gasteiger partial charge >= 0.3 is 0 Å². The fraction of sp³-hybridized carbons (Fsp3) is 0.222. The van der Waals surface area contributed by atoms with E-state index in [2.05, 4.69) is 22.1 Å². The Morgan fingerprint density at radius 3 is 2.82 bits per heavy atom. The van der Waals surface area contributed by atoms with Gasteiger partial charge in [0.2, 0.25) is 0 Å². The molecule has 0 fully saturated rings. The van der Waals surface area contributed by atoms with Crippen molar-refractivity contribution in [3.63, 3.8) is 0 Å². The van der Waals surface area contributed by atoms with E-state index in [1.165, 1.54) is 0 Å². The van der Waals surface area contributed by atoms with Gasteiger partial charge in [-0.15, -0.1) is 0 Å². The maximum Gasteiger partial charge on any atom is 0.0577 e. The zero-order chi connectivity index (χ0) is 7.94. The molecule has 0 unspecified atom stereocenters. The van der Waals surface area contributed by atoms with Crippen LogP contribution < -0.4 is 5.32 Å². The highest BCUT2D eigenvalue weighted by molar-refractivity contribution is 5.31. The summed E-state index contributed by atoms with van der Waals surface area (Å²) in [5, 5.41) is 2.95. The van der Waals surface area contributed by atoms with Gasteiger partial charge in [-0.3, -0.25) is 4.98 Å². The molecule has 0 radical (unpaired) electrons. The van der Waals surface area contributed by atoms with Gasteiger partial charge in [-0.05, 0) is 19.2 Å². The van der Waals surface area contributed by atoms with Crippen molar-refractivity contribution in [1.29, 1.82) is 0 Å². The quantitative estimate of drug-likeness (QED) is 0.588. The number of nitrogens with one attached hydrogen (secondary N) is 1. The van der Waals surface area contributed by atoms with Crippen molar-refractivity contribution in [2.75, 3.05) is 13.6 Å². The molecule has 2 nitrogen and oxygen atoms in total. The van der Waals surface area contributed by atoms with Crippen LogP contribution >= 0.6 is 0 Å². The second-order valence-electron chi connectivity index (χ2n) is 2.07. The molecular weight excluding hydrogens is 136 g/mol. The van der Waals surface area contributed by atoms with Gasteiger partial charge in [0.15, 0.2) is 0 Å². The molecule has 0 aliphatic carbocycles. The fourth-order valence-corrected chi connectivity index (χ4v) is 0.670. The van der Waals surface area contributed by atoms with Crippen molar-refractivity contribution in [2.45, 2.75) is 0 Å². The van der Waals surface area contributed by atoms with Crippen LogP contribution in [0.4, 0.5) is 0 Å². The predicted molar refractivity (Wildman–Crippen MR) is 45.0 cm³/mol. The smallest absolute Gasteiger partial charge is 0.0577 e. The van der Waals surface area contributed by atoms with Crippen molar-refractivity contribution in [1.82, 2.24) is 10.3 Å². The lowest BCUT2D eigenvalue weighted by molar-refractivity contribution is 0.938. The van der Waals surface area contributed by atoms with Crippen LogP contribution in [0.1, 0.15) is 5.56 Å². The molecule has 1 N–H and O–H groups in total. The summed E-state index contributed by atoms with van der Waals surface area (Å²) >= 11 is 0. The van der Waals surface area contributed by atoms with E-state index in [1.807, 2.05) is 19.2 Å². The van der Waals surface area contributed by atoms with Crippen LogP contribution in [-0.2, 0) is 0 Å². The van der Waals surface area contributed by atoms with Gasteiger partial charge in [-0.2, -0.15) is 0 Å². The van der Waals surface area contributed by atoms with E-state index >= 15 is 0 Å². The van der Waals surface area contributed by atoms with Crippen molar-refractivity contribution < 1.29 is 0 Å². The lowest BCUT2D eigenvalue weighted by atomic mass is 10.3. The Labute approximate surface area is 66.7 Å². The van der Waals surface area contributed by atoms with Crippen LogP contribution in [0.2, 0.25) is 0 Å². The molecule has 2 heteroatoms. The fourth-order valence-electron chi connectivity index (χ4n) is 0.670. The number of pyridine rings is 1. The monoisotopic (exact) mass is 146 g/mol. The number of nitrogens with zero attached hydrogens (tertiary/aromatic N) is 1. The number of hydrogen-bond donors (Lipinski definition) is 1. The first-order valence-electron chi connectivity index (χ1n) is 3.47. The van der Waals surface area contributed by atoms with Gasteiger partial charge in [-0.25, -0.2) is 0 Å². The molecule has 1 aromatic heterocycles. The van der Waals surface area contributed by atoms with E-state index in [0.717, 1.165) is 12.1 Å². The van der Waals surface area contributed by atoms with Crippen LogP contribution in [0.3, 0.4) is 0 Å². The zero-order valence-corrected chi connectivity index (χ0v) is 6.46. The summed E-state index contributed by atoms with van der Waals surface area (Å²) in [7, 11) is 1.88. The Kier molecular flexibility index (Phi) is 3.17. The van der Waals surface area contributed by atoms with Gasteiger partial charge in [0.05, 0.1) is 6.54 Å². The summed E-state index contributed by atoms with van der Waals surface area (Å²) in [4.78, 5) is 3.89. The first kappa shape index (κ1) is 7.77. The first-order valence-corrected chi connectivity index (χ1v) is 3.47. The Bertz CT molecular complexity index is 256. The second-order valence-corrected chi connectivity index (χ2v) is 2.07. The highest BCUT2D eigenvalue weighted by Gasteiger charge is 1.79. The molecule has 1 aromatic rings. The summed E-state index contributed by atoms with van der Waals surface area (Å²) in [6.45, 7) is 0.725. The molecule has 1 rings (SSSR count). The summed E-state index contributed by atoms with van der Waals surface area (Å²) in [6, 6.07) is 3.78. The summed E-state index contributed by atoms with van der Waals surface area (Å²) in [5.41, 5.74) is 1.01. The third-order valence-corrected chi connectivity index (χ3v) is 1.18. The van der Waals surface area contributed by atoms with Crippen molar-refractivity contribution in [2.24, 2.45) is 0 Å².